The van der Waals surface area contributed by atoms with Crippen LogP contribution >= 0.6 is 0 Å². The molecule has 3 aromatic rings. The Hall–Kier alpha value is -3.94. The largest absolute Gasteiger partial charge is 0.454 e. The Morgan fingerprint density at radius 1 is 1.00 bits per heavy atom. The molecule has 1 atom stereocenters. The second-order valence-electron chi connectivity index (χ2n) is 8.72. The van der Waals surface area contributed by atoms with Crippen molar-refractivity contribution in [1.29, 1.82) is 0 Å². The van der Waals surface area contributed by atoms with Gasteiger partial charge in [0, 0.05) is 38.9 Å². The summed E-state index contributed by atoms with van der Waals surface area (Å²) in [5.41, 5.74) is 2.09. The molecule has 0 radical (unpaired) electrons. The molecule has 0 fully saturated rings. The summed E-state index contributed by atoms with van der Waals surface area (Å²) in [6.45, 7) is 1.76. The average Bonchev–Trinajstić information content (AvgIpc) is 3.47. The molecule has 0 bridgehead atoms. The summed E-state index contributed by atoms with van der Waals surface area (Å²) in [4.78, 5) is 18.3. The van der Waals surface area contributed by atoms with Crippen LogP contribution in [0.1, 0.15) is 17.5 Å². The third-order valence-corrected chi connectivity index (χ3v) is 6.43. The first kappa shape index (κ1) is 20.7. The van der Waals surface area contributed by atoms with Crippen LogP contribution in [-0.4, -0.2) is 60.6 Å². The lowest BCUT2D eigenvalue weighted by Crippen LogP contribution is -2.47. The minimum Gasteiger partial charge on any atom is -0.454 e. The predicted molar refractivity (Wildman–Crippen MR) is 128 cm³/mol. The van der Waals surface area contributed by atoms with E-state index in [2.05, 4.69) is 9.88 Å². The summed E-state index contributed by atoms with van der Waals surface area (Å²) in [6, 6.07) is 17.2. The number of benzene rings is 2. The van der Waals surface area contributed by atoms with Crippen LogP contribution in [0.4, 0.5) is 4.39 Å². The SMILES string of the molecule is CN(C)C1=NC(c2cccc(-c3cccnc3F)c2)(c2ccc3c(c2)OCO3)C2=NCCCN12. The average molecular weight is 458 g/mol. The van der Waals surface area contributed by atoms with E-state index in [1.165, 1.54) is 6.20 Å². The minimum absolute atomic E-state index is 0.195. The molecule has 0 saturated heterocycles. The van der Waals surface area contributed by atoms with Crippen molar-refractivity contribution >= 4 is 11.8 Å². The standard InChI is InChI=1S/C26H24FN5O2/c1-31(2)25-30-26(24-29-12-5-13-32(24)25,19-9-10-21-22(15-19)34-16-33-21)18-7-3-6-17(14-18)20-8-4-11-28-23(20)27/h3-4,6-11,14-15H,5,12-13,16H2,1-2H3. The van der Waals surface area contributed by atoms with Gasteiger partial charge in [-0.1, -0.05) is 24.3 Å². The lowest BCUT2D eigenvalue weighted by atomic mass is 9.80. The van der Waals surface area contributed by atoms with Crippen molar-refractivity contribution in [1.82, 2.24) is 14.8 Å². The molecule has 0 amide bonds. The molecule has 8 heteroatoms. The number of ether oxygens (including phenoxy) is 2. The van der Waals surface area contributed by atoms with Crippen LogP contribution in [0.5, 0.6) is 11.5 Å². The number of rotatable bonds is 3. The molecule has 0 saturated carbocycles. The molecule has 6 rings (SSSR count). The van der Waals surface area contributed by atoms with Crippen LogP contribution < -0.4 is 9.47 Å². The van der Waals surface area contributed by atoms with E-state index < -0.39 is 11.5 Å². The van der Waals surface area contributed by atoms with Crippen molar-refractivity contribution in [3.05, 3.63) is 77.9 Å². The van der Waals surface area contributed by atoms with Gasteiger partial charge in [0.25, 0.3) is 0 Å². The summed E-state index contributed by atoms with van der Waals surface area (Å²) in [5, 5.41) is 0. The maximum absolute atomic E-state index is 14.6. The molecule has 0 N–H and O–H groups in total. The van der Waals surface area contributed by atoms with E-state index in [-0.39, 0.29) is 6.79 Å². The second kappa shape index (κ2) is 7.83. The van der Waals surface area contributed by atoms with E-state index in [1.54, 1.807) is 12.1 Å². The number of pyridine rings is 1. The van der Waals surface area contributed by atoms with Gasteiger partial charge in [-0.25, -0.2) is 9.98 Å². The molecule has 0 spiro atoms. The number of aliphatic imine (C=N–C) groups is 2. The molecule has 172 valence electrons. The number of guanidine groups is 1. The molecule has 2 aromatic carbocycles. The van der Waals surface area contributed by atoms with Crippen molar-refractivity contribution in [3.63, 3.8) is 0 Å². The quantitative estimate of drug-likeness (QED) is 0.559. The Morgan fingerprint density at radius 2 is 1.85 bits per heavy atom. The molecule has 3 aliphatic heterocycles. The number of aromatic nitrogens is 1. The fraction of sp³-hybridized carbons (Fsp3) is 0.269. The van der Waals surface area contributed by atoms with Crippen LogP contribution in [0.3, 0.4) is 0 Å². The van der Waals surface area contributed by atoms with Crippen molar-refractivity contribution in [2.45, 2.75) is 12.0 Å². The summed E-state index contributed by atoms with van der Waals surface area (Å²) in [6.07, 6.45) is 2.41. The van der Waals surface area contributed by atoms with E-state index in [1.807, 2.05) is 61.5 Å². The van der Waals surface area contributed by atoms with Gasteiger partial charge in [-0.3, -0.25) is 9.89 Å². The second-order valence-corrected chi connectivity index (χ2v) is 8.72. The zero-order valence-corrected chi connectivity index (χ0v) is 19.0. The molecular weight excluding hydrogens is 433 g/mol. The van der Waals surface area contributed by atoms with Gasteiger partial charge in [0.15, 0.2) is 17.0 Å². The van der Waals surface area contributed by atoms with E-state index in [9.17, 15) is 4.39 Å². The summed E-state index contributed by atoms with van der Waals surface area (Å²) in [7, 11) is 3.98. The molecule has 1 aromatic heterocycles. The van der Waals surface area contributed by atoms with Crippen LogP contribution in [0, 0.1) is 5.95 Å². The molecule has 4 heterocycles. The zero-order chi connectivity index (χ0) is 23.3. The monoisotopic (exact) mass is 457 g/mol. The smallest absolute Gasteiger partial charge is 0.231 e. The normalized spacial score (nSPS) is 20.6. The lowest BCUT2D eigenvalue weighted by molar-refractivity contribution is 0.174. The zero-order valence-electron chi connectivity index (χ0n) is 19.0. The summed E-state index contributed by atoms with van der Waals surface area (Å²) >= 11 is 0. The third kappa shape index (κ3) is 3.05. The van der Waals surface area contributed by atoms with Gasteiger partial charge in [0.1, 0.15) is 5.84 Å². The van der Waals surface area contributed by atoms with E-state index >= 15 is 0 Å². The Bertz CT molecular complexity index is 1340. The van der Waals surface area contributed by atoms with Gasteiger partial charge < -0.3 is 14.4 Å². The van der Waals surface area contributed by atoms with Crippen LogP contribution in [0.25, 0.3) is 11.1 Å². The van der Waals surface area contributed by atoms with E-state index in [0.29, 0.717) is 17.1 Å². The van der Waals surface area contributed by atoms with Crippen LogP contribution in [-0.2, 0) is 5.54 Å². The first-order valence-electron chi connectivity index (χ1n) is 11.3. The maximum Gasteiger partial charge on any atom is 0.231 e. The first-order chi connectivity index (χ1) is 16.6. The van der Waals surface area contributed by atoms with Crippen LogP contribution in [0.2, 0.25) is 0 Å². The Morgan fingerprint density at radius 3 is 2.71 bits per heavy atom. The number of halogens is 1. The van der Waals surface area contributed by atoms with E-state index in [0.717, 1.165) is 48.0 Å². The number of fused-ring (bicyclic) bond motifs is 2. The third-order valence-electron chi connectivity index (χ3n) is 6.43. The molecule has 1 unspecified atom stereocenters. The van der Waals surface area contributed by atoms with Crippen molar-refractivity contribution in [3.8, 4) is 22.6 Å². The van der Waals surface area contributed by atoms with Gasteiger partial charge >= 0.3 is 0 Å². The molecule has 34 heavy (non-hydrogen) atoms. The Kier molecular flexibility index (Phi) is 4.76. The predicted octanol–water partition coefficient (Wildman–Crippen LogP) is 3.90. The molecule has 7 nitrogen and oxygen atoms in total. The number of nitrogens with zero attached hydrogens (tertiary/aromatic N) is 5. The highest BCUT2D eigenvalue weighted by Gasteiger charge is 2.50. The fourth-order valence-electron chi connectivity index (χ4n) is 4.90. The van der Waals surface area contributed by atoms with Gasteiger partial charge in [-0.2, -0.15) is 4.39 Å². The van der Waals surface area contributed by atoms with Crippen molar-refractivity contribution in [2.24, 2.45) is 9.98 Å². The molecule has 0 aliphatic carbocycles. The van der Waals surface area contributed by atoms with E-state index in [4.69, 9.17) is 19.5 Å². The topological polar surface area (TPSA) is 62.6 Å². The highest BCUT2D eigenvalue weighted by molar-refractivity contribution is 6.12. The first-order valence-corrected chi connectivity index (χ1v) is 11.3. The van der Waals surface area contributed by atoms with Gasteiger partial charge in [-0.15, -0.1) is 0 Å². The highest BCUT2D eigenvalue weighted by Crippen LogP contribution is 2.46. The number of hydrogen-bond acceptors (Lipinski definition) is 7. The number of hydrogen-bond donors (Lipinski definition) is 0. The highest BCUT2D eigenvalue weighted by atomic mass is 19.1. The Labute approximate surface area is 197 Å². The van der Waals surface area contributed by atoms with Crippen LogP contribution in [0.15, 0.2) is 70.8 Å². The van der Waals surface area contributed by atoms with Crippen molar-refractivity contribution < 1.29 is 13.9 Å². The molecule has 3 aliphatic rings. The summed E-state index contributed by atoms with van der Waals surface area (Å²) < 4.78 is 25.8. The maximum atomic E-state index is 14.6. The Balaban J connectivity index is 1.61. The summed E-state index contributed by atoms with van der Waals surface area (Å²) in [5.74, 6) is 2.60. The van der Waals surface area contributed by atoms with Gasteiger partial charge in [0.2, 0.25) is 18.7 Å². The lowest BCUT2D eigenvalue weighted by Gasteiger charge is -2.34. The number of amidine groups is 1. The van der Waals surface area contributed by atoms with Gasteiger partial charge in [-0.05, 0) is 53.4 Å². The van der Waals surface area contributed by atoms with Crippen molar-refractivity contribution in [2.75, 3.05) is 34.0 Å². The minimum atomic E-state index is -0.907. The fourth-order valence-corrected chi connectivity index (χ4v) is 4.90. The molecular formula is C26H24FN5O2. The van der Waals surface area contributed by atoms with Gasteiger partial charge in [0.05, 0.1) is 0 Å².